The van der Waals surface area contributed by atoms with Crippen molar-refractivity contribution in [3.63, 3.8) is 0 Å². The van der Waals surface area contributed by atoms with Gasteiger partial charge in [0.05, 0.1) is 0 Å². The molecule has 0 aromatic carbocycles. The van der Waals surface area contributed by atoms with Gasteiger partial charge in [-0.05, 0) is 22.9 Å². The van der Waals surface area contributed by atoms with E-state index in [1.54, 1.807) is 12.3 Å². The smallest absolute Gasteiger partial charge is 0.130 e. The standard InChI is InChI=1S/C8H12BrN3OS/c1-6(4-14(2)13)12-8-3-7(9)10-5-11-8/h3,5-6H,4H2,1-2H3,(H,10,11,12). The van der Waals surface area contributed by atoms with Crippen molar-refractivity contribution in [2.75, 3.05) is 17.3 Å². The number of nitrogens with zero attached hydrogens (tertiary/aromatic N) is 2. The van der Waals surface area contributed by atoms with Crippen molar-refractivity contribution < 1.29 is 4.21 Å². The zero-order valence-corrected chi connectivity index (χ0v) is 10.4. The highest BCUT2D eigenvalue weighted by Gasteiger charge is 2.05. The first-order valence-electron chi connectivity index (χ1n) is 4.12. The Morgan fingerprint density at radius 3 is 2.93 bits per heavy atom. The maximum atomic E-state index is 10.9. The minimum atomic E-state index is -0.792. The predicted octanol–water partition coefficient (Wildman–Crippen LogP) is 1.42. The van der Waals surface area contributed by atoms with E-state index in [9.17, 15) is 4.21 Å². The van der Waals surface area contributed by atoms with Gasteiger partial charge < -0.3 is 5.32 Å². The monoisotopic (exact) mass is 277 g/mol. The molecule has 0 radical (unpaired) electrons. The summed E-state index contributed by atoms with van der Waals surface area (Å²) in [5.74, 6) is 1.35. The molecule has 78 valence electrons. The SMILES string of the molecule is CC(CS(C)=O)Nc1cc(Br)ncn1. The molecular weight excluding hydrogens is 266 g/mol. The van der Waals surface area contributed by atoms with E-state index in [4.69, 9.17) is 0 Å². The number of aromatic nitrogens is 2. The lowest BCUT2D eigenvalue weighted by molar-refractivity contribution is 0.683. The molecule has 14 heavy (non-hydrogen) atoms. The summed E-state index contributed by atoms with van der Waals surface area (Å²) in [5.41, 5.74) is 0. The average molecular weight is 278 g/mol. The molecular formula is C8H12BrN3OS. The topological polar surface area (TPSA) is 54.9 Å². The average Bonchev–Trinajstić information content (AvgIpc) is 2.01. The molecule has 0 saturated carbocycles. The van der Waals surface area contributed by atoms with Crippen LogP contribution in [0.2, 0.25) is 0 Å². The van der Waals surface area contributed by atoms with Crippen molar-refractivity contribution in [1.82, 2.24) is 9.97 Å². The van der Waals surface area contributed by atoms with E-state index in [0.29, 0.717) is 5.75 Å². The van der Waals surface area contributed by atoms with E-state index in [1.807, 2.05) is 6.92 Å². The van der Waals surface area contributed by atoms with E-state index in [1.165, 1.54) is 6.33 Å². The Morgan fingerprint density at radius 1 is 1.64 bits per heavy atom. The molecule has 0 fully saturated rings. The van der Waals surface area contributed by atoms with E-state index < -0.39 is 10.8 Å². The maximum absolute atomic E-state index is 10.9. The Balaban J connectivity index is 2.55. The van der Waals surface area contributed by atoms with Crippen LogP contribution in [0.5, 0.6) is 0 Å². The van der Waals surface area contributed by atoms with Gasteiger partial charge in [0.1, 0.15) is 16.7 Å². The number of hydrogen-bond acceptors (Lipinski definition) is 4. The van der Waals surface area contributed by atoms with Gasteiger partial charge >= 0.3 is 0 Å². The van der Waals surface area contributed by atoms with Gasteiger partial charge in [0.2, 0.25) is 0 Å². The quantitative estimate of drug-likeness (QED) is 0.846. The number of nitrogens with one attached hydrogen (secondary N) is 1. The molecule has 2 unspecified atom stereocenters. The highest BCUT2D eigenvalue weighted by Crippen LogP contribution is 2.10. The Hall–Kier alpha value is -0.490. The zero-order valence-electron chi connectivity index (χ0n) is 8.03. The van der Waals surface area contributed by atoms with Crippen molar-refractivity contribution in [1.29, 1.82) is 0 Å². The van der Waals surface area contributed by atoms with Crippen LogP contribution >= 0.6 is 15.9 Å². The van der Waals surface area contributed by atoms with Crippen LogP contribution in [0.25, 0.3) is 0 Å². The summed E-state index contributed by atoms with van der Waals surface area (Å²) in [5, 5.41) is 3.14. The molecule has 1 N–H and O–H groups in total. The van der Waals surface area contributed by atoms with Gasteiger partial charge in [-0.3, -0.25) is 4.21 Å². The first-order valence-corrected chi connectivity index (χ1v) is 6.64. The third-order valence-electron chi connectivity index (χ3n) is 1.51. The van der Waals surface area contributed by atoms with Crippen LogP contribution in [0.3, 0.4) is 0 Å². The van der Waals surface area contributed by atoms with Crippen molar-refractivity contribution in [3.05, 3.63) is 17.0 Å². The molecule has 2 atom stereocenters. The first-order chi connectivity index (χ1) is 6.58. The lowest BCUT2D eigenvalue weighted by atomic mass is 10.4. The summed E-state index contributed by atoms with van der Waals surface area (Å²) in [4.78, 5) is 7.95. The van der Waals surface area contributed by atoms with E-state index >= 15 is 0 Å². The van der Waals surface area contributed by atoms with Crippen LogP contribution in [-0.4, -0.2) is 32.2 Å². The maximum Gasteiger partial charge on any atom is 0.130 e. The first kappa shape index (κ1) is 11.6. The molecule has 0 spiro atoms. The van der Waals surface area contributed by atoms with Crippen LogP contribution in [0, 0.1) is 0 Å². The fraction of sp³-hybridized carbons (Fsp3) is 0.500. The fourth-order valence-corrected chi connectivity index (χ4v) is 2.15. The summed E-state index contributed by atoms with van der Waals surface area (Å²) in [7, 11) is -0.792. The van der Waals surface area contributed by atoms with Gasteiger partial charge in [0.15, 0.2) is 0 Å². The van der Waals surface area contributed by atoms with Gasteiger partial charge in [-0.1, -0.05) is 0 Å². The Kier molecular flexibility index (Phi) is 4.47. The van der Waals surface area contributed by atoms with Crippen LogP contribution < -0.4 is 5.32 Å². The molecule has 1 aromatic rings. The van der Waals surface area contributed by atoms with Gasteiger partial charge in [-0.2, -0.15) is 0 Å². The molecule has 1 rings (SSSR count). The number of halogens is 1. The predicted molar refractivity (Wildman–Crippen MR) is 61.8 cm³/mol. The molecule has 0 saturated heterocycles. The van der Waals surface area contributed by atoms with Crippen LogP contribution in [0.4, 0.5) is 5.82 Å². The number of anilines is 1. The Morgan fingerprint density at radius 2 is 2.36 bits per heavy atom. The normalized spacial score (nSPS) is 14.8. The second-order valence-electron chi connectivity index (χ2n) is 3.01. The highest BCUT2D eigenvalue weighted by atomic mass is 79.9. The zero-order chi connectivity index (χ0) is 10.6. The van der Waals surface area contributed by atoms with Crippen molar-refractivity contribution >= 4 is 32.5 Å². The summed E-state index contributed by atoms with van der Waals surface area (Å²) < 4.78 is 11.7. The second-order valence-corrected chi connectivity index (χ2v) is 5.30. The molecule has 6 heteroatoms. The van der Waals surface area contributed by atoms with Crippen LogP contribution in [0.1, 0.15) is 6.92 Å². The minimum Gasteiger partial charge on any atom is -0.367 e. The molecule has 0 aliphatic heterocycles. The lowest BCUT2D eigenvalue weighted by Gasteiger charge is -2.12. The lowest BCUT2D eigenvalue weighted by Crippen LogP contribution is -2.22. The second kappa shape index (κ2) is 5.41. The molecule has 0 aliphatic rings. The number of hydrogen-bond donors (Lipinski definition) is 1. The molecule has 0 bridgehead atoms. The Bertz CT molecular complexity index is 334. The third-order valence-corrected chi connectivity index (χ3v) is 2.92. The molecule has 1 heterocycles. The molecule has 0 aliphatic carbocycles. The van der Waals surface area contributed by atoms with Gasteiger partial charge in [-0.25, -0.2) is 9.97 Å². The summed E-state index contributed by atoms with van der Waals surface area (Å²) in [6, 6.07) is 1.93. The van der Waals surface area contributed by atoms with Crippen LogP contribution in [-0.2, 0) is 10.8 Å². The fourth-order valence-electron chi connectivity index (χ4n) is 1.06. The molecule has 0 amide bonds. The van der Waals surface area contributed by atoms with Crippen molar-refractivity contribution in [2.24, 2.45) is 0 Å². The van der Waals surface area contributed by atoms with E-state index in [2.05, 4.69) is 31.2 Å². The van der Waals surface area contributed by atoms with Crippen LogP contribution in [0.15, 0.2) is 17.0 Å². The van der Waals surface area contributed by atoms with Crippen molar-refractivity contribution in [3.8, 4) is 0 Å². The van der Waals surface area contributed by atoms with Crippen molar-refractivity contribution in [2.45, 2.75) is 13.0 Å². The summed E-state index contributed by atoms with van der Waals surface area (Å²) >= 11 is 3.25. The Labute approximate surface area is 94.1 Å². The minimum absolute atomic E-state index is 0.141. The van der Waals surface area contributed by atoms with Gasteiger partial charge in [-0.15, -0.1) is 0 Å². The third kappa shape index (κ3) is 4.15. The number of rotatable bonds is 4. The van der Waals surface area contributed by atoms with Gasteiger partial charge in [0, 0.05) is 34.9 Å². The largest absolute Gasteiger partial charge is 0.367 e. The molecule has 4 nitrogen and oxygen atoms in total. The summed E-state index contributed by atoms with van der Waals surface area (Å²) in [6.07, 6.45) is 3.16. The van der Waals surface area contributed by atoms with E-state index in [-0.39, 0.29) is 6.04 Å². The molecule has 1 aromatic heterocycles. The van der Waals surface area contributed by atoms with Gasteiger partial charge in [0.25, 0.3) is 0 Å². The van der Waals surface area contributed by atoms with E-state index in [0.717, 1.165) is 10.4 Å². The summed E-state index contributed by atoms with van der Waals surface area (Å²) in [6.45, 7) is 1.97. The highest BCUT2D eigenvalue weighted by molar-refractivity contribution is 9.10.